The molecule has 2 fully saturated rings. The lowest BCUT2D eigenvalue weighted by atomic mass is 9.82. The molecule has 1 saturated carbocycles. The number of hydrogen-bond donors (Lipinski definition) is 5. The number of aryl methyl sites for hydroxylation is 1. The van der Waals surface area contributed by atoms with Gasteiger partial charge >= 0.3 is 13.1 Å². The number of amides is 1. The fraction of sp³-hybridized carbons (Fsp3) is 0.579. The van der Waals surface area contributed by atoms with E-state index in [-0.39, 0.29) is 47.5 Å². The molecule has 1 aliphatic heterocycles. The van der Waals surface area contributed by atoms with Gasteiger partial charge in [0.1, 0.15) is 23.2 Å². The Morgan fingerprint density at radius 2 is 1.90 bits per heavy atom. The lowest BCUT2D eigenvalue weighted by molar-refractivity contribution is -0.142. The second-order valence-electron chi connectivity index (χ2n) is 7.82. The van der Waals surface area contributed by atoms with Gasteiger partial charge in [-0.25, -0.2) is 4.79 Å². The fourth-order valence-electron chi connectivity index (χ4n) is 4.01. The highest BCUT2D eigenvalue weighted by molar-refractivity contribution is 6.41. The molecule has 10 heteroatoms. The van der Waals surface area contributed by atoms with Crippen molar-refractivity contribution in [1.82, 2.24) is 4.90 Å². The van der Waals surface area contributed by atoms with E-state index in [0.717, 1.165) is 25.7 Å². The van der Waals surface area contributed by atoms with Crippen molar-refractivity contribution in [2.24, 2.45) is 11.7 Å². The molecule has 0 spiro atoms. The van der Waals surface area contributed by atoms with Crippen LogP contribution in [-0.4, -0.2) is 69.4 Å². The third-order valence-corrected chi connectivity index (χ3v) is 5.76. The highest BCUT2D eigenvalue weighted by Gasteiger charge is 2.38. The number of nitrogens with zero attached hydrogens (tertiary/aromatic N) is 1. The van der Waals surface area contributed by atoms with Gasteiger partial charge in [-0.05, 0) is 43.1 Å². The summed E-state index contributed by atoms with van der Waals surface area (Å²) < 4.78 is 5.72. The van der Waals surface area contributed by atoms with Crippen LogP contribution in [0, 0.1) is 5.92 Å². The maximum absolute atomic E-state index is 12.5. The van der Waals surface area contributed by atoms with E-state index < -0.39 is 24.9 Å². The van der Waals surface area contributed by atoms with Crippen LogP contribution in [0.5, 0.6) is 11.5 Å². The van der Waals surface area contributed by atoms with Crippen LogP contribution < -0.4 is 10.5 Å². The van der Waals surface area contributed by atoms with Crippen molar-refractivity contribution in [2.45, 2.75) is 50.6 Å². The second-order valence-corrected chi connectivity index (χ2v) is 7.82. The van der Waals surface area contributed by atoms with Crippen LogP contribution in [0.2, 0.25) is 6.32 Å². The molecule has 9 nitrogen and oxygen atoms in total. The average Bonchev–Trinajstić information content (AvgIpc) is 3.16. The van der Waals surface area contributed by atoms with E-state index in [9.17, 15) is 19.8 Å². The Morgan fingerprint density at radius 1 is 1.24 bits per heavy atom. The van der Waals surface area contributed by atoms with Crippen molar-refractivity contribution < 1.29 is 34.6 Å². The summed E-state index contributed by atoms with van der Waals surface area (Å²) in [5, 5.41) is 37.7. The predicted octanol–water partition coefficient (Wildman–Crippen LogP) is 0.213. The van der Waals surface area contributed by atoms with Crippen molar-refractivity contribution in [3.05, 3.63) is 23.3 Å². The molecule has 1 saturated heterocycles. The zero-order chi connectivity index (χ0) is 21.1. The van der Waals surface area contributed by atoms with Gasteiger partial charge in [0.2, 0.25) is 5.91 Å². The van der Waals surface area contributed by atoms with E-state index in [1.54, 1.807) is 4.90 Å². The number of benzene rings is 1. The topological polar surface area (TPSA) is 154 Å². The van der Waals surface area contributed by atoms with Crippen molar-refractivity contribution >= 4 is 19.0 Å². The smallest absolute Gasteiger partial charge is 0.451 e. The predicted molar refractivity (Wildman–Crippen MR) is 105 cm³/mol. The maximum Gasteiger partial charge on any atom is 0.451 e. The van der Waals surface area contributed by atoms with Crippen molar-refractivity contribution in [3.63, 3.8) is 0 Å². The van der Waals surface area contributed by atoms with E-state index in [1.165, 1.54) is 12.1 Å². The average molecular weight is 406 g/mol. The number of ether oxygens (including phenoxy) is 1. The Hall–Kier alpha value is -2.30. The van der Waals surface area contributed by atoms with Gasteiger partial charge in [-0.3, -0.25) is 4.79 Å². The van der Waals surface area contributed by atoms with Crippen LogP contribution in [0.4, 0.5) is 0 Å². The standard InChI is InChI=1S/C19H27BN2O7/c21-16(11-3-1-2-4-11)18(24)22-9-13(10-22)29-14-6-5-12(7-8-20(27)28)17(23)15(14)19(25)26/h5-6,11,13,16,23,27-28H,1-4,7-10,21H2,(H,25,26). The normalized spacial score (nSPS) is 18.4. The van der Waals surface area contributed by atoms with Crippen LogP contribution in [0.3, 0.4) is 0 Å². The van der Waals surface area contributed by atoms with Gasteiger partial charge in [0.05, 0.1) is 19.1 Å². The third kappa shape index (κ3) is 4.83. The molecule has 1 aromatic carbocycles. The zero-order valence-corrected chi connectivity index (χ0v) is 16.2. The molecule has 0 aromatic heterocycles. The van der Waals surface area contributed by atoms with Crippen LogP contribution >= 0.6 is 0 Å². The number of carbonyl (C=O) groups is 2. The van der Waals surface area contributed by atoms with Crippen LogP contribution in [0.1, 0.15) is 41.6 Å². The van der Waals surface area contributed by atoms with Gasteiger partial charge in [-0.2, -0.15) is 0 Å². The molecule has 3 rings (SSSR count). The molecule has 1 aliphatic carbocycles. The summed E-state index contributed by atoms with van der Waals surface area (Å²) >= 11 is 0. The monoisotopic (exact) mass is 406 g/mol. The van der Waals surface area contributed by atoms with Crippen LogP contribution in [0.25, 0.3) is 0 Å². The summed E-state index contributed by atoms with van der Waals surface area (Å²) in [6.07, 6.45) is 3.85. The second kappa shape index (κ2) is 9.02. The van der Waals surface area contributed by atoms with E-state index in [4.69, 9.17) is 20.5 Å². The molecule has 0 bridgehead atoms. The number of nitrogens with two attached hydrogens (primary N) is 1. The van der Waals surface area contributed by atoms with Gasteiger partial charge in [0, 0.05) is 0 Å². The molecule has 1 aromatic rings. The van der Waals surface area contributed by atoms with Gasteiger partial charge in [-0.1, -0.05) is 18.9 Å². The van der Waals surface area contributed by atoms with Crippen LogP contribution in [0.15, 0.2) is 12.1 Å². The lowest BCUT2D eigenvalue weighted by Gasteiger charge is -2.41. The Bertz CT molecular complexity index is 761. The van der Waals surface area contributed by atoms with E-state index in [2.05, 4.69) is 0 Å². The number of likely N-dealkylation sites (tertiary alicyclic amines) is 1. The van der Waals surface area contributed by atoms with Gasteiger partial charge in [-0.15, -0.1) is 0 Å². The Morgan fingerprint density at radius 3 is 2.48 bits per heavy atom. The Kier molecular flexibility index (Phi) is 6.66. The summed E-state index contributed by atoms with van der Waals surface area (Å²) in [4.78, 5) is 25.7. The SMILES string of the molecule is NC(C(=O)N1CC(Oc2ccc(CCB(O)O)c(O)c2C(=O)O)C1)C1CCCC1. The number of rotatable bonds is 8. The lowest BCUT2D eigenvalue weighted by Crippen LogP contribution is -2.60. The zero-order valence-electron chi connectivity index (χ0n) is 16.2. The first kappa shape index (κ1) is 21.4. The van der Waals surface area contributed by atoms with E-state index >= 15 is 0 Å². The Labute approximate surface area is 169 Å². The summed E-state index contributed by atoms with van der Waals surface area (Å²) in [6.45, 7) is 0.634. The quantitative estimate of drug-likeness (QED) is 0.384. The molecule has 0 radical (unpaired) electrons. The molecule has 1 amide bonds. The number of carboxylic acid groups (broad SMARTS) is 1. The van der Waals surface area contributed by atoms with Crippen molar-refractivity contribution in [1.29, 1.82) is 0 Å². The van der Waals surface area contributed by atoms with Crippen LogP contribution in [-0.2, 0) is 11.2 Å². The number of aromatic hydroxyl groups is 1. The first-order valence-corrected chi connectivity index (χ1v) is 9.93. The van der Waals surface area contributed by atoms with Gasteiger partial charge in [0.15, 0.2) is 0 Å². The minimum atomic E-state index is -1.55. The molecule has 158 valence electrons. The minimum absolute atomic E-state index is 0.0143. The molecule has 1 atom stereocenters. The molecule has 1 heterocycles. The summed E-state index contributed by atoms with van der Waals surface area (Å²) in [5.74, 6) is -1.66. The Balaban J connectivity index is 1.61. The van der Waals surface area contributed by atoms with Crippen molar-refractivity contribution in [2.75, 3.05) is 13.1 Å². The highest BCUT2D eigenvalue weighted by Crippen LogP contribution is 2.34. The minimum Gasteiger partial charge on any atom is -0.507 e. The maximum atomic E-state index is 12.5. The van der Waals surface area contributed by atoms with Gasteiger partial charge < -0.3 is 35.6 Å². The first-order chi connectivity index (χ1) is 13.8. The number of carbonyl (C=O) groups excluding carboxylic acids is 1. The molecular formula is C19H27BN2O7. The number of aromatic carboxylic acids is 1. The fourth-order valence-corrected chi connectivity index (χ4v) is 4.01. The summed E-state index contributed by atoms with van der Waals surface area (Å²) in [5.41, 5.74) is 6.02. The molecule has 1 unspecified atom stereocenters. The summed E-state index contributed by atoms with van der Waals surface area (Å²) in [7, 11) is -1.55. The van der Waals surface area contributed by atoms with Gasteiger partial charge in [0.25, 0.3) is 0 Å². The van der Waals surface area contributed by atoms with E-state index in [1.807, 2.05) is 0 Å². The molecule has 29 heavy (non-hydrogen) atoms. The van der Waals surface area contributed by atoms with Crippen molar-refractivity contribution in [3.8, 4) is 11.5 Å². The molecule has 6 N–H and O–H groups in total. The first-order valence-electron chi connectivity index (χ1n) is 9.93. The third-order valence-electron chi connectivity index (χ3n) is 5.76. The number of carboxylic acids is 1. The molecule has 2 aliphatic rings. The summed E-state index contributed by atoms with van der Waals surface area (Å²) in [6, 6.07) is 2.44. The molecular weight excluding hydrogens is 379 g/mol. The van der Waals surface area contributed by atoms with E-state index in [0.29, 0.717) is 13.1 Å². The number of hydrogen-bond acceptors (Lipinski definition) is 7. The number of phenols is 1. The highest BCUT2D eigenvalue weighted by atomic mass is 16.5. The largest absolute Gasteiger partial charge is 0.507 e.